The fraction of sp³-hybridized carbons (Fsp3) is 0.314. The molecule has 0 saturated heterocycles. The topological polar surface area (TPSA) is 176 Å². The highest BCUT2D eigenvalue weighted by molar-refractivity contribution is 6.34. The number of anilines is 6. The number of benzene rings is 4. The van der Waals surface area contributed by atoms with E-state index < -0.39 is 23.1 Å². The van der Waals surface area contributed by atoms with Crippen molar-refractivity contribution in [3.8, 4) is 11.8 Å². The zero-order chi connectivity index (χ0) is 50.6. The van der Waals surface area contributed by atoms with Crippen LogP contribution in [0.3, 0.4) is 0 Å². The van der Waals surface area contributed by atoms with Gasteiger partial charge >= 0.3 is 6.09 Å². The summed E-state index contributed by atoms with van der Waals surface area (Å²) in [6.07, 6.45) is 2.44. The Bertz CT molecular complexity index is 3120. The standard InChI is InChI=1S/C28H29ClFN5O4.C23H21ClFN5O2/c1-27(2,3)39-26(37)34-13-16-10-18(7-8-20(16)28(4,5)14-34)32-25-31-12-19-23(33-25)38-15-35(24(19)36)22-9-6-17(30)11-21(22)29;1-23(2)11-26-9-13-7-15(4-5-17(13)23)28-22-27-10-16-20(29-22)32-12-30(21(16)31)19-6-3-14(25)8-18(19)24/h6-12H,13-15H2,1-5H3,(H,31,32,33);3-8,10,26H,9,11-12H2,1-2H3,(H,27,28,29). The maximum Gasteiger partial charge on any atom is 0.410 e. The maximum atomic E-state index is 13.4. The summed E-state index contributed by atoms with van der Waals surface area (Å²) in [5.41, 5.74) is 6.52. The molecule has 4 aromatic carbocycles. The first-order chi connectivity index (χ1) is 33.6. The second-order valence-electron chi connectivity index (χ2n) is 19.7. The van der Waals surface area contributed by atoms with Crippen LogP contribution in [-0.4, -0.2) is 74.9 Å². The van der Waals surface area contributed by atoms with Crippen LogP contribution in [0.1, 0.15) is 91.4 Å². The zero-order valence-corrected chi connectivity index (χ0v) is 41.4. The molecular formula is C51H50Cl2F2N10O6. The molecule has 4 aliphatic rings. The summed E-state index contributed by atoms with van der Waals surface area (Å²) in [7, 11) is 0. The molecule has 16 nitrogen and oxygen atoms in total. The predicted octanol–water partition coefficient (Wildman–Crippen LogP) is 10.4. The molecule has 2 aromatic heterocycles. The third-order valence-corrected chi connectivity index (χ3v) is 12.8. The van der Waals surface area contributed by atoms with Gasteiger partial charge < -0.3 is 35.1 Å². The molecule has 71 heavy (non-hydrogen) atoms. The Morgan fingerprint density at radius 2 is 1.21 bits per heavy atom. The average molecular weight is 1010 g/mol. The summed E-state index contributed by atoms with van der Waals surface area (Å²) in [6.45, 7) is 16.6. The van der Waals surface area contributed by atoms with E-state index in [9.17, 15) is 23.2 Å². The highest BCUT2D eigenvalue weighted by Gasteiger charge is 2.37. The molecule has 0 spiro atoms. The smallest absolute Gasteiger partial charge is 0.410 e. The normalized spacial score (nSPS) is 16.5. The first kappa shape index (κ1) is 48.9. The number of fused-ring (bicyclic) bond motifs is 4. The first-order valence-electron chi connectivity index (χ1n) is 22.7. The minimum Gasteiger partial charge on any atom is -0.455 e. The van der Waals surface area contributed by atoms with Gasteiger partial charge in [-0.05, 0) is 104 Å². The van der Waals surface area contributed by atoms with Gasteiger partial charge in [-0.1, -0.05) is 63.0 Å². The van der Waals surface area contributed by atoms with E-state index in [0.717, 1.165) is 47.7 Å². The Morgan fingerprint density at radius 1 is 0.718 bits per heavy atom. The molecule has 6 heterocycles. The Labute approximate surface area is 418 Å². The van der Waals surface area contributed by atoms with Gasteiger partial charge in [0.25, 0.3) is 11.8 Å². The molecule has 0 fully saturated rings. The van der Waals surface area contributed by atoms with Gasteiger partial charge in [0.2, 0.25) is 23.7 Å². The second kappa shape index (κ2) is 18.9. The Morgan fingerprint density at radius 3 is 1.70 bits per heavy atom. The van der Waals surface area contributed by atoms with Crippen molar-refractivity contribution in [2.45, 2.75) is 78.0 Å². The van der Waals surface area contributed by atoms with Crippen molar-refractivity contribution in [1.82, 2.24) is 30.2 Å². The fourth-order valence-electron chi connectivity index (χ4n) is 8.87. The van der Waals surface area contributed by atoms with E-state index in [1.54, 1.807) is 4.90 Å². The van der Waals surface area contributed by atoms with E-state index in [-0.39, 0.29) is 75.2 Å². The van der Waals surface area contributed by atoms with Crippen LogP contribution in [0.4, 0.5) is 48.2 Å². The molecule has 0 aliphatic carbocycles. The van der Waals surface area contributed by atoms with E-state index in [0.29, 0.717) is 30.4 Å². The number of hydrogen-bond acceptors (Lipinski definition) is 13. The third-order valence-electron chi connectivity index (χ3n) is 12.2. The van der Waals surface area contributed by atoms with E-state index in [4.69, 9.17) is 37.4 Å². The lowest BCUT2D eigenvalue weighted by Crippen LogP contribution is -2.46. The lowest BCUT2D eigenvalue weighted by atomic mass is 9.78. The van der Waals surface area contributed by atoms with Gasteiger partial charge in [0, 0.05) is 60.8 Å². The molecule has 0 radical (unpaired) electrons. The van der Waals surface area contributed by atoms with Crippen LogP contribution in [0, 0.1) is 11.6 Å². The number of ether oxygens (including phenoxy) is 3. The van der Waals surface area contributed by atoms with Crippen LogP contribution < -0.4 is 35.2 Å². The van der Waals surface area contributed by atoms with Gasteiger partial charge in [-0.3, -0.25) is 19.4 Å². The molecule has 0 saturated carbocycles. The molecule has 0 unspecified atom stereocenters. The summed E-state index contributed by atoms with van der Waals surface area (Å²) in [6, 6.07) is 19.7. The quantitative estimate of drug-likeness (QED) is 0.144. The summed E-state index contributed by atoms with van der Waals surface area (Å²) in [5.74, 6) is -0.878. The van der Waals surface area contributed by atoms with Crippen molar-refractivity contribution in [2.75, 3.05) is 47.0 Å². The Hall–Kier alpha value is -7.15. The van der Waals surface area contributed by atoms with E-state index >= 15 is 0 Å². The van der Waals surface area contributed by atoms with Crippen LogP contribution in [0.15, 0.2) is 85.2 Å². The van der Waals surface area contributed by atoms with Gasteiger partial charge in [0.15, 0.2) is 13.5 Å². The van der Waals surface area contributed by atoms with Crippen LogP contribution in [0.2, 0.25) is 10.0 Å². The van der Waals surface area contributed by atoms with Crippen molar-refractivity contribution in [1.29, 1.82) is 0 Å². The molecule has 10 rings (SSSR count). The predicted molar refractivity (Wildman–Crippen MR) is 265 cm³/mol. The second-order valence-corrected chi connectivity index (χ2v) is 20.5. The van der Waals surface area contributed by atoms with Gasteiger partial charge in [0.05, 0.1) is 21.4 Å². The van der Waals surface area contributed by atoms with Gasteiger partial charge in [-0.25, -0.2) is 23.5 Å². The summed E-state index contributed by atoms with van der Waals surface area (Å²) >= 11 is 12.2. The van der Waals surface area contributed by atoms with Crippen molar-refractivity contribution in [3.05, 3.63) is 140 Å². The van der Waals surface area contributed by atoms with Crippen molar-refractivity contribution in [2.24, 2.45) is 0 Å². The molecule has 368 valence electrons. The zero-order valence-electron chi connectivity index (χ0n) is 39.9. The number of carbonyl (C=O) groups excluding carboxylic acids is 3. The molecule has 3 amide bonds. The first-order valence-corrected chi connectivity index (χ1v) is 23.4. The van der Waals surface area contributed by atoms with Crippen LogP contribution in [-0.2, 0) is 28.7 Å². The number of halogens is 4. The minimum absolute atomic E-state index is 0.0714. The average Bonchev–Trinajstić information content (AvgIpc) is 3.29. The monoisotopic (exact) mass is 1010 g/mol. The summed E-state index contributed by atoms with van der Waals surface area (Å²) in [4.78, 5) is 60.4. The minimum atomic E-state index is -0.583. The number of nitrogens with one attached hydrogen (secondary N) is 3. The highest BCUT2D eigenvalue weighted by atomic mass is 35.5. The van der Waals surface area contributed by atoms with Crippen LogP contribution in [0.5, 0.6) is 11.8 Å². The molecule has 4 aliphatic heterocycles. The maximum absolute atomic E-state index is 13.4. The largest absolute Gasteiger partial charge is 0.455 e. The number of aromatic nitrogens is 4. The molecule has 20 heteroatoms. The van der Waals surface area contributed by atoms with E-state index in [2.05, 4.69) is 75.7 Å². The SMILES string of the molecule is CC(C)(C)OC(=O)N1Cc2cc(Nc3ncc4c(n3)OCN(c3ccc(F)cc3Cl)C4=O)ccc2C(C)(C)C1.CC1(C)CNCc2cc(Nc3ncc4c(n3)OCN(c3ccc(F)cc3Cl)C4=O)ccc21. The summed E-state index contributed by atoms with van der Waals surface area (Å²) < 4.78 is 43.8. The number of nitrogens with zero attached hydrogens (tertiary/aromatic N) is 7. The van der Waals surface area contributed by atoms with Gasteiger partial charge in [-0.15, -0.1) is 0 Å². The van der Waals surface area contributed by atoms with Crippen LogP contribution >= 0.6 is 23.2 Å². The van der Waals surface area contributed by atoms with Gasteiger partial charge in [-0.2, -0.15) is 9.97 Å². The van der Waals surface area contributed by atoms with Crippen molar-refractivity contribution >= 4 is 75.8 Å². The molecule has 3 N–H and O–H groups in total. The summed E-state index contributed by atoms with van der Waals surface area (Å²) in [5, 5.41) is 10.0. The van der Waals surface area contributed by atoms with Crippen LogP contribution in [0.25, 0.3) is 0 Å². The lowest BCUT2D eigenvalue weighted by Gasteiger charge is -2.40. The number of amides is 3. The van der Waals surface area contributed by atoms with Crippen molar-refractivity contribution < 1.29 is 37.4 Å². The molecular weight excluding hydrogens is 958 g/mol. The Kier molecular flexibility index (Phi) is 13.0. The number of hydrogen-bond donors (Lipinski definition) is 3. The van der Waals surface area contributed by atoms with E-state index in [1.165, 1.54) is 57.6 Å². The molecule has 0 atom stereocenters. The van der Waals surface area contributed by atoms with Gasteiger partial charge in [0.1, 0.15) is 28.4 Å². The lowest BCUT2D eigenvalue weighted by molar-refractivity contribution is 0.0174. The van der Waals surface area contributed by atoms with E-state index in [1.807, 2.05) is 45.0 Å². The Balaban J connectivity index is 0.000000179. The van der Waals surface area contributed by atoms with Crippen molar-refractivity contribution in [3.63, 3.8) is 0 Å². The number of carbonyl (C=O) groups is 3. The fourth-order valence-corrected chi connectivity index (χ4v) is 9.41. The number of rotatable bonds is 6. The molecule has 0 bridgehead atoms. The molecule has 6 aromatic rings. The highest BCUT2D eigenvalue weighted by Crippen LogP contribution is 2.38. The third kappa shape index (κ3) is 10.4.